The Labute approximate surface area is 152 Å². The zero-order valence-corrected chi connectivity index (χ0v) is 15.4. The van der Waals surface area contributed by atoms with Crippen molar-refractivity contribution >= 4 is 29.1 Å². The molecule has 2 aromatic rings. The largest absolute Gasteiger partial charge is 0.481 e. The van der Waals surface area contributed by atoms with Crippen molar-refractivity contribution < 1.29 is 14.3 Å². The second-order valence-electron chi connectivity index (χ2n) is 5.96. The molecule has 0 bridgehead atoms. The molecule has 0 aliphatic rings. The molecule has 0 heterocycles. The van der Waals surface area contributed by atoms with Gasteiger partial charge < -0.3 is 15.0 Å². The number of benzene rings is 2. The molecule has 2 aromatic carbocycles. The van der Waals surface area contributed by atoms with Gasteiger partial charge in [0, 0.05) is 19.7 Å². The third-order valence-corrected chi connectivity index (χ3v) is 3.91. The van der Waals surface area contributed by atoms with E-state index in [9.17, 15) is 9.59 Å². The first-order valence-electron chi connectivity index (χ1n) is 7.83. The SMILES string of the molecule is Cc1ccc(OC(C)C(=O)Nc2cc(C(=O)N(C)C)ccc2Cl)cc1. The zero-order valence-electron chi connectivity index (χ0n) is 14.7. The predicted molar refractivity (Wildman–Crippen MR) is 99.4 cm³/mol. The van der Waals surface area contributed by atoms with Crippen LogP contribution in [0.2, 0.25) is 5.02 Å². The molecule has 1 atom stereocenters. The minimum Gasteiger partial charge on any atom is -0.481 e. The maximum atomic E-state index is 12.4. The predicted octanol–water partition coefficient (Wildman–Crippen LogP) is 3.76. The molecule has 5 nitrogen and oxygen atoms in total. The van der Waals surface area contributed by atoms with Crippen molar-refractivity contribution in [2.75, 3.05) is 19.4 Å². The standard InChI is InChI=1S/C19H21ClN2O3/c1-12-5-8-15(9-6-12)25-13(2)18(23)21-17-11-14(7-10-16(17)20)19(24)22(3)4/h5-11,13H,1-4H3,(H,21,23). The third kappa shape index (κ3) is 4.97. The molecule has 0 fully saturated rings. The van der Waals surface area contributed by atoms with E-state index >= 15 is 0 Å². The monoisotopic (exact) mass is 360 g/mol. The number of carbonyl (C=O) groups is 2. The maximum absolute atomic E-state index is 12.4. The summed E-state index contributed by atoms with van der Waals surface area (Å²) >= 11 is 6.13. The Morgan fingerprint density at radius 2 is 1.76 bits per heavy atom. The highest BCUT2D eigenvalue weighted by Gasteiger charge is 2.17. The molecule has 0 spiro atoms. The molecule has 2 rings (SSSR count). The molecule has 6 heteroatoms. The molecule has 0 aliphatic heterocycles. The van der Waals surface area contributed by atoms with Gasteiger partial charge in [0.2, 0.25) is 0 Å². The lowest BCUT2D eigenvalue weighted by Crippen LogP contribution is -2.30. The van der Waals surface area contributed by atoms with Gasteiger partial charge in [-0.05, 0) is 44.2 Å². The number of amides is 2. The van der Waals surface area contributed by atoms with Gasteiger partial charge in [-0.2, -0.15) is 0 Å². The number of rotatable bonds is 5. The number of carbonyl (C=O) groups excluding carboxylic acids is 2. The Kier molecular flexibility index (Phi) is 6.04. The van der Waals surface area contributed by atoms with E-state index in [1.54, 1.807) is 39.2 Å². The van der Waals surface area contributed by atoms with Gasteiger partial charge in [-0.3, -0.25) is 9.59 Å². The van der Waals surface area contributed by atoms with Crippen LogP contribution < -0.4 is 10.1 Å². The van der Waals surface area contributed by atoms with Gasteiger partial charge in [0.05, 0.1) is 10.7 Å². The third-order valence-electron chi connectivity index (χ3n) is 3.58. The molecule has 0 saturated carbocycles. The van der Waals surface area contributed by atoms with E-state index in [0.717, 1.165) is 5.56 Å². The summed E-state index contributed by atoms with van der Waals surface area (Å²) in [6.45, 7) is 3.63. The van der Waals surface area contributed by atoms with Crippen molar-refractivity contribution in [2.24, 2.45) is 0 Å². The molecule has 0 aliphatic carbocycles. The van der Waals surface area contributed by atoms with Crippen molar-refractivity contribution in [3.05, 3.63) is 58.6 Å². The van der Waals surface area contributed by atoms with Crippen molar-refractivity contribution in [2.45, 2.75) is 20.0 Å². The van der Waals surface area contributed by atoms with Gasteiger partial charge in [0.15, 0.2) is 6.10 Å². The van der Waals surface area contributed by atoms with Crippen LogP contribution in [0, 0.1) is 6.92 Å². The van der Waals surface area contributed by atoms with E-state index < -0.39 is 6.10 Å². The van der Waals surface area contributed by atoms with Gasteiger partial charge in [0.1, 0.15) is 5.75 Å². The van der Waals surface area contributed by atoms with Crippen LogP contribution in [0.15, 0.2) is 42.5 Å². The van der Waals surface area contributed by atoms with Crippen LogP contribution in [0.4, 0.5) is 5.69 Å². The van der Waals surface area contributed by atoms with Gasteiger partial charge >= 0.3 is 0 Å². The van der Waals surface area contributed by atoms with E-state index in [0.29, 0.717) is 22.0 Å². The first kappa shape index (κ1) is 18.8. The molecular formula is C19H21ClN2O3. The smallest absolute Gasteiger partial charge is 0.265 e. The topological polar surface area (TPSA) is 58.6 Å². The van der Waals surface area contributed by atoms with E-state index in [1.807, 2.05) is 31.2 Å². The average Bonchev–Trinajstić information content (AvgIpc) is 2.58. The second-order valence-corrected chi connectivity index (χ2v) is 6.36. The van der Waals surface area contributed by atoms with Gasteiger partial charge in [0.25, 0.3) is 11.8 Å². The molecule has 1 N–H and O–H groups in total. The van der Waals surface area contributed by atoms with Crippen LogP contribution in [0.5, 0.6) is 5.75 Å². The highest BCUT2D eigenvalue weighted by molar-refractivity contribution is 6.34. The van der Waals surface area contributed by atoms with Crippen LogP contribution in [0.3, 0.4) is 0 Å². The summed E-state index contributed by atoms with van der Waals surface area (Å²) in [5, 5.41) is 3.06. The summed E-state index contributed by atoms with van der Waals surface area (Å²) < 4.78 is 5.63. The Bertz CT molecular complexity index is 773. The molecule has 0 aromatic heterocycles. The summed E-state index contributed by atoms with van der Waals surface area (Å²) in [6.07, 6.45) is -0.716. The lowest BCUT2D eigenvalue weighted by Gasteiger charge is -2.16. The van der Waals surface area contributed by atoms with E-state index in [4.69, 9.17) is 16.3 Å². The Balaban J connectivity index is 2.09. The van der Waals surface area contributed by atoms with Gasteiger partial charge in [-0.15, -0.1) is 0 Å². The fraction of sp³-hybridized carbons (Fsp3) is 0.263. The normalized spacial score (nSPS) is 11.6. The van der Waals surface area contributed by atoms with Crippen molar-refractivity contribution in [3.8, 4) is 5.75 Å². The van der Waals surface area contributed by atoms with Crippen molar-refractivity contribution in [3.63, 3.8) is 0 Å². The number of hydrogen-bond donors (Lipinski definition) is 1. The van der Waals surface area contributed by atoms with Crippen LogP contribution in [-0.2, 0) is 4.79 Å². The summed E-state index contributed by atoms with van der Waals surface area (Å²) in [6, 6.07) is 12.2. The quantitative estimate of drug-likeness (QED) is 0.883. The minimum atomic E-state index is -0.716. The van der Waals surface area contributed by atoms with E-state index in [1.165, 1.54) is 4.90 Å². The fourth-order valence-electron chi connectivity index (χ4n) is 2.12. The highest BCUT2D eigenvalue weighted by atomic mass is 35.5. The molecule has 2 amide bonds. The van der Waals surface area contributed by atoms with Crippen LogP contribution in [0.1, 0.15) is 22.8 Å². The minimum absolute atomic E-state index is 0.170. The van der Waals surface area contributed by atoms with Crippen LogP contribution >= 0.6 is 11.6 Å². The van der Waals surface area contributed by atoms with Crippen molar-refractivity contribution in [1.82, 2.24) is 4.90 Å². The van der Waals surface area contributed by atoms with E-state index in [2.05, 4.69) is 5.32 Å². The Morgan fingerprint density at radius 3 is 2.36 bits per heavy atom. The number of halogens is 1. The first-order chi connectivity index (χ1) is 11.8. The van der Waals surface area contributed by atoms with Crippen LogP contribution in [-0.4, -0.2) is 36.9 Å². The van der Waals surface area contributed by atoms with Gasteiger partial charge in [-0.1, -0.05) is 29.3 Å². The summed E-state index contributed by atoms with van der Waals surface area (Å²) in [4.78, 5) is 25.9. The number of nitrogens with one attached hydrogen (secondary N) is 1. The number of hydrogen-bond acceptors (Lipinski definition) is 3. The number of anilines is 1. The Hall–Kier alpha value is -2.53. The fourth-order valence-corrected chi connectivity index (χ4v) is 2.29. The number of aryl methyl sites for hydroxylation is 1. The van der Waals surface area contributed by atoms with E-state index in [-0.39, 0.29) is 11.8 Å². The lowest BCUT2D eigenvalue weighted by molar-refractivity contribution is -0.122. The summed E-state index contributed by atoms with van der Waals surface area (Å²) in [5.74, 6) is 0.0870. The average molecular weight is 361 g/mol. The van der Waals surface area contributed by atoms with Crippen LogP contribution in [0.25, 0.3) is 0 Å². The second kappa shape index (κ2) is 8.03. The van der Waals surface area contributed by atoms with Gasteiger partial charge in [-0.25, -0.2) is 0 Å². The highest BCUT2D eigenvalue weighted by Crippen LogP contribution is 2.24. The molecule has 25 heavy (non-hydrogen) atoms. The maximum Gasteiger partial charge on any atom is 0.265 e. The molecule has 0 radical (unpaired) electrons. The summed E-state index contributed by atoms with van der Waals surface area (Å²) in [5.41, 5.74) is 1.93. The zero-order chi connectivity index (χ0) is 18.6. The molecule has 0 saturated heterocycles. The molecule has 132 valence electrons. The number of nitrogens with zero attached hydrogens (tertiary/aromatic N) is 1. The summed E-state index contributed by atoms with van der Waals surface area (Å²) in [7, 11) is 3.32. The Morgan fingerprint density at radius 1 is 1.12 bits per heavy atom. The molecular weight excluding hydrogens is 340 g/mol. The lowest BCUT2D eigenvalue weighted by atomic mass is 10.1. The number of ether oxygens (including phenoxy) is 1. The molecule has 1 unspecified atom stereocenters. The van der Waals surface area contributed by atoms with Crippen molar-refractivity contribution in [1.29, 1.82) is 0 Å². The first-order valence-corrected chi connectivity index (χ1v) is 8.21.